The van der Waals surface area contributed by atoms with Crippen LogP contribution in [-0.4, -0.2) is 18.1 Å². The van der Waals surface area contributed by atoms with Gasteiger partial charge in [0.1, 0.15) is 0 Å². The molecule has 23 heavy (non-hydrogen) atoms. The highest BCUT2D eigenvalue weighted by molar-refractivity contribution is 6.30. The maximum Gasteiger partial charge on any atom is 0.0547 e. The highest BCUT2D eigenvalue weighted by Crippen LogP contribution is 2.68. The Balaban J connectivity index is 1.76. The van der Waals surface area contributed by atoms with Gasteiger partial charge in [0.25, 0.3) is 0 Å². The largest absolute Gasteiger partial charge is 0.317 e. The third-order valence-electron chi connectivity index (χ3n) is 6.27. The van der Waals surface area contributed by atoms with Crippen LogP contribution in [0.5, 0.6) is 0 Å². The van der Waals surface area contributed by atoms with Crippen molar-refractivity contribution < 1.29 is 0 Å². The topological polar surface area (TPSA) is 24.9 Å². The molecule has 2 fully saturated rings. The number of benzene rings is 1. The monoisotopic (exact) mass is 324 g/mol. The maximum atomic E-state index is 6.31. The third kappa shape index (κ3) is 1.88. The Hall–Kier alpha value is -1.38. The van der Waals surface area contributed by atoms with E-state index in [0.717, 1.165) is 42.8 Å². The summed E-state index contributed by atoms with van der Waals surface area (Å²) in [6.45, 7) is 2.27. The minimum Gasteiger partial charge on any atom is -0.317 e. The number of aromatic nitrogens is 1. The number of pyridine rings is 1. The molecule has 1 aliphatic heterocycles. The normalized spacial score (nSPS) is 31.5. The van der Waals surface area contributed by atoms with Crippen molar-refractivity contribution in [3.8, 4) is 0 Å². The number of nitrogens with one attached hydrogen (secondary N) is 1. The molecule has 0 bridgehead atoms. The van der Waals surface area contributed by atoms with E-state index in [1.807, 2.05) is 6.20 Å². The summed E-state index contributed by atoms with van der Waals surface area (Å²) in [5.74, 6) is 1.45. The first-order valence-electron chi connectivity index (χ1n) is 8.76. The van der Waals surface area contributed by atoms with Gasteiger partial charge in [-0.15, -0.1) is 0 Å². The van der Waals surface area contributed by atoms with Crippen LogP contribution >= 0.6 is 11.6 Å². The van der Waals surface area contributed by atoms with Crippen molar-refractivity contribution in [2.24, 2.45) is 11.8 Å². The van der Waals surface area contributed by atoms with E-state index in [9.17, 15) is 0 Å². The van der Waals surface area contributed by atoms with Gasteiger partial charge in [-0.05, 0) is 85.5 Å². The molecule has 2 atom stereocenters. The van der Waals surface area contributed by atoms with E-state index in [1.54, 1.807) is 0 Å². The lowest BCUT2D eigenvalue weighted by Gasteiger charge is -2.23. The standard InChI is InChI=1S/C20H21ClN2/c21-15-5-6-16-14(12-15)4-3-13-2-1-9-23-19(13)20(16)17-7-10-22-11-8-18(17)20/h1-2,5-6,9,12,17-18,22H,3-4,7-8,10-11H2. The van der Waals surface area contributed by atoms with Gasteiger partial charge in [-0.3, -0.25) is 4.98 Å². The van der Waals surface area contributed by atoms with Gasteiger partial charge in [-0.25, -0.2) is 0 Å². The highest BCUT2D eigenvalue weighted by Gasteiger charge is 2.67. The van der Waals surface area contributed by atoms with E-state index in [4.69, 9.17) is 16.6 Å². The summed E-state index contributed by atoms with van der Waals surface area (Å²) in [4.78, 5) is 4.92. The lowest BCUT2D eigenvalue weighted by Crippen LogP contribution is -2.24. The number of hydrogen-bond acceptors (Lipinski definition) is 2. The fraction of sp³-hybridized carbons (Fsp3) is 0.450. The Labute approximate surface area is 142 Å². The summed E-state index contributed by atoms with van der Waals surface area (Å²) >= 11 is 6.31. The Morgan fingerprint density at radius 2 is 1.83 bits per heavy atom. The van der Waals surface area contributed by atoms with Gasteiger partial charge >= 0.3 is 0 Å². The molecule has 0 radical (unpaired) electrons. The van der Waals surface area contributed by atoms with Gasteiger partial charge in [0, 0.05) is 16.6 Å². The summed E-state index contributed by atoms with van der Waals surface area (Å²) in [5, 5.41) is 4.42. The second kappa shape index (κ2) is 5.06. The zero-order valence-electron chi connectivity index (χ0n) is 13.2. The summed E-state index contributed by atoms with van der Waals surface area (Å²) in [6.07, 6.45) is 6.65. The van der Waals surface area contributed by atoms with Crippen LogP contribution in [0, 0.1) is 11.8 Å². The molecule has 118 valence electrons. The molecule has 1 saturated carbocycles. The second-order valence-corrected chi connectivity index (χ2v) is 7.66. The van der Waals surface area contributed by atoms with Crippen molar-refractivity contribution in [1.29, 1.82) is 0 Å². The van der Waals surface area contributed by atoms with Crippen LogP contribution in [-0.2, 0) is 18.3 Å². The SMILES string of the molecule is Clc1ccc2c(c1)CCc1cccnc1C21C2CCNCCC21. The molecule has 1 saturated heterocycles. The molecular formula is C20H21ClN2. The molecule has 1 aromatic heterocycles. The molecule has 2 nitrogen and oxygen atoms in total. The van der Waals surface area contributed by atoms with Crippen molar-refractivity contribution in [2.75, 3.05) is 13.1 Å². The van der Waals surface area contributed by atoms with Crippen LogP contribution in [0.4, 0.5) is 0 Å². The Morgan fingerprint density at radius 3 is 2.65 bits per heavy atom. The van der Waals surface area contributed by atoms with Crippen molar-refractivity contribution in [3.63, 3.8) is 0 Å². The van der Waals surface area contributed by atoms with E-state index in [2.05, 4.69) is 35.6 Å². The van der Waals surface area contributed by atoms with Crippen LogP contribution in [0.3, 0.4) is 0 Å². The Bertz CT molecular complexity index is 758. The smallest absolute Gasteiger partial charge is 0.0547 e. The number of halogens is 1. The molecule has 5 rings (SSSR count). The molecule has 2 unspecified atom stereocenters. The van der Waals surface area contributed by atoms with E-state index in [1.165, 1.54) is 35.2 Å². The molecule has 0 amide bonds. The van der Waals surface area contributed by atoms with Crippen molar-refractivity contribution in [3.05, 3.63) is 63.9 Å². The quantitative estimate of drug-likeness (QED) is 0.798. The van der Waals surface area contributed by atoms with Crippen molar-refractivity contribution >= 4 is 11.6 Å². The average Bonchev–Trinajstić information content (AvgIpc) is 3.27. The highest BCUT2D eigenvalue weighted by atomic mass is 35.5. The predicted molar refractivity (Wildman–Crippen MR) is 93.0 cm³/mol. The van der Waals surface area contributed by atoms with Gasteiger partial charge in [0.15, 0.2) is 0 Å². The zero-order chi connectivity index (χ0) is 15.4. The predicted octanol–water partition coefficient (Wildman–Crippen LogP) is 3.75. The molecular weight excluding hydrogens is 304 g/mol. The maximum absolute atomic E-state index is 6.31. The number of nitrogens with zero attached hydrogens (tertiary/aromatic N) is 1. The minimum atomic E-state index is 0.148. The van der Waals surface area contributed by atoms with Crippen molar-refractivity contribution in [2.45, 2.75) is 31.1 Å². The molecule has 1 spiro atoms. The summed E-state index contributed by atoms with van der Waals surface area (Å²) in [6, 6.07) is 10.9. The molecule has 2 heterocycles. The fourth-order valence-corrected chi connectivity index (χ4v) is 5.56. The molecule has 3 heteroatoms. The fourth-order valence-electron chi connectivity index (χ4n) is 5.37. The van der Waals surface area contributed by atoms with Gasteiger partial charge in [0.05, 0.1) is 5.69 Å². The lowest BCUT2D eigenvalue weighted by atomic mass is 9.83. The lowest BCUT2D eigenvalue weighted by molar-refractivity contribution is 0.561. The minimum absolute atomic E-state index is 0.148. The second-order valence-electron chi connectivity index (χ2n) is 7.22. The van der Waals surface area contributed by atoms with E-state index in [-0.39, 0.29) is 5.41 Å². The number of aryl methyl sites for hydroxylation is 2. The molecule has 1 aromatic carbocycles. The first-order valence-corrected chi connectivity index (χ1v) is 9.13. The third-order valence-corrected chi connectivity index (χ3v) is 6.51. The zero-order valence-corrected chi connectivity index (χ0v) is 13.9. The summed E-state index contributed by atoms with van der Waals surface area (Å²) in [5.41, 5.74) is 5.90. The van der Waals surface area contributed by atoms with Gasteiger partial charge in [-0.2, -0.15) is 0 Å². The van der Waals surface area contributed by atoms with Crippen LogP contribution in [0.15, 0.2) is 36.5 Å². The van der Waals surface area contributed by atoms with Crippen LogP contribution in [0.1, 0.15) is 35.2 Å². The van der Waals surface area contributed by atoms with Gasteiger partial charge in [0.2, 0.25) is 0 Å². The molecule has 3 aliphatic rings. The number of hydrogen-bond donors (Lipinski definition) is 1. The van der Waals surface area contributed by atoms with Gasteiger partial charge < -0.3 is 5.32 Å². The summed E-state index contributed by atoms with van der Waals surface area (Å²) < 4.78 is 0. The number of fused-ring (bicyclic) bond motifs is 7. The summed E-state index contributed by atoms with van der Waals surface area (Å²) in [7, 11) is 0. The first kappa shape index (κ1) is 14.0. The molecule has 1 N–H and O–H groups in total. The van der Waals surface area contributed by atoms with E-state index in [0.29, 0.717) is 0 Å². The van der Waals surface area contributed by atoms with Crippen LogP contribution in [0.25, 0.3) is 0 Å². The Kier molecular flexibility index (Phi) is 3.08. The van der Waals surface area contributed by atoms with Crippen LogP contribution < -0.4 is 5.32 Å². The Morgan fingerprint density at radius 1 is 1.04 bits per heavy atom. The van der Waals surface area contributed by atoms with E-state index < -0.39 is 0 Å². The van der Waals surface area contributed by atoms with Crippen molar-refractivity contribution in [1.82, 2.24) is 10.3 Å². The average molecular weight is 325 g/mol. The molecule has 2 aromatic rings. The number of rotatable bonds is 0. The first-order chi connectivity index (χ1) is 11.3. The molecule has 2 aliphatic carbocycles. The van der Waals surface area contributed by atoms with Gasteiger partial charge in [-0.1, -0.05) is 23.7 Å². The van der Waals surface area contributed by atoms with Crippen LogP contribution in [0.2, 0.25) is 5.02 Å². The van der Waals surface area contributed by atoms with E-state index >= 15 is 0 Å².